The van der Waals surface area contributed by atoms with Crippen LogP contribution in [0.3, 0.4) is 0 Å². The van der Waals surface area contributed by atoms with E-state index in [2.05, 4.69) is 12.2 Å². The van der Waals surface area contributed by atoms with Gasteiger partial charge in [-0.15, -0.1) is 0 Å². The molecule has 0 aliphatic carbocycles. The Morgan fingerprint density at radius 2 is 1.87 bits per heavy atom. The molecule has 0 rings (SSSR count). The highest BCUT2D eigenvalue weighted by Crippen LogP contribution is 2.24. The van der Waals surface area contributed by atoms with Crippen LogP contribution in [0.15, 0.2) is 0 Å². The lowest BCUT2D eigenvalue weighted by Crippen LogP contribution is -2.30. The van der Waals surface area contributed by atoms with Crippen molar-refractivity contribution in [2.75, 3.05) is 6.54 Å². The lowest BCUT2D eigenvalue weighted by Gasteiger charge is -2.21. The SMILES string of the molecule is CCCCNC(=O)CC(C)(C)CC(=O)O. The Kier molecular flexibility index (Phi) is 5.97. The number of rotatable bonds is 7. The fraction of sp³-hybridized carbons (Fsp3) is 0.818. The molecule has 0 aromatic heterocycles. The summed E-state index contributed by atoms with van der Waals surface area (Å²) in [6, 6.07) is 0. The van der Waals surface area contributed by atoms with Gasteiger partial charge in [-0.25, -0.2) is 0 Å². The maximum absolute atomic E-state index is 11.4. The Morgan fingerprint density at radius 1 is 1.27 bits per heavy atom. The van der Waals surface area contributed by atoms with E-state index < -0.39 is 11.4 Å². The van der Waals surface area contributed by atoms with E-state index in [0.717, 1.165) is 12.8 Å². The molecule has 0 fully saturated rings. The van der Waals surface area contributed by atoms with Gasteiger partial charge < -0.3 is 10.4 Å². The van der Waals surface area contributed by atoms with E-state index in [1.807, 2.05) is 0 Å². The molecule has 0 heterocycles. The van der Waals surface area contributed by atoms with Gasteiger partial charge in [0.1, 0.15) is 0 Å². The predicted molar refractivity (Wildman–Crippen MR) is 58.6 cm³/mol. The quantitative estimate of drug-likeness (QED) is 0.636. The molecule has 0 aliphatic heterocycles. The molecule has 0 aromatic rings. The number of unbranched alkanes of at least 4 members (excludes halogenated alkanes) is 1. The lowest BCUT2D eigenvalue weighted by molar-refractivity contribution is -0.139. The van der Waals surface area contributed by atoms with Crippen LogP contribution in [0.4, 0.5) is 0 Å². The van der Waals surface area contributed by atoms with Crippen LogP contribution in [-0.4, -0.2) is 23.5 Å². The van der Waals surface area contributed by atoms with E-state index in [9.17, 15) is 9.59 Å². The maximum Gasteiger partial charge on any atom is 0.303 e. The van der Waals surface area contributed by atoms with Crippen LogP contribution in [0.1, 0.15) is 46.5 Å². The highest BCUT2D eigenvalue weighted by molar-refractivity contribution is 5.77. The van der Waals surface area contributed by atoms with Crippen molar-refractivity contribution in [3.63, 3.8) is 0 Å². The fourth-order valence-corrected chi connectivity index (χ4v) is 1.37. The number of carbonyl (C=O) groups excluding carboxylic acids is 1. The second-order valence-corrected chi connectivity index (χ2v) is 4.62. The summed E-state index contributed by atoms with van der Waals surface area (Å²) in [5, 5.41) is 11.4. The fourth-order valence-electron chi connectivity index (χ4n) is 1.37. The molecular weight excluding hydrogens is 194 g/mol. The molecular formula is C11H21NO3. The highest BCUT2D eigenvalue weighted by Gasteiger charge is 2.24. The second kappa shape index (κ2) is 6.43. The minimum absolute atomic E-state index is 0.0220. The van der Waals surface area contributed by atoms with Gasteiger partial charge in [-0.1, -0.05) is 27.2 Å². The Balaban J connectivity index is 3.88. The Labute approximate surface area is 91.1 Å². The zero-order valence-corrected chi connectivity index (χ0v) is 9.80. The average Bonchev–Trinajstić information content (AvgIpc) is 2.00. The van der Waals surface area contributed by atoms with Gasteiger partial charge in [-0.05, 0) is 11.8 Å². The van der Waals surface area contributed by atoms with E-state index in [0.29, 0.717) is 6.54 Å². The summed E-state index contributed by atoms with van der Waals surface area (Å²) in [5.74, 6) is -0.920. The van der Waals surface area contributed by atoms with Gasteiger partial charge in [0.2, 0.25) is 5.91 Å². The molecule has 0 saturated heterocycles. The highest BCUT2D eigenvalue weighted by atomic mass is 16.4. The van der Waals surface area contributed by atoms with Crippen LogP contribution < -0.4 is 5.32 Å². The van der Waals surface area contributed by atoms with Gasteiger partial charge in [0.25, 0.3) is 0 Å². The molecule has 0 aliphatic rings. The van der Waals surface area contributed by atoms with Crippen LogP contribution in [0.2, 0.25) is 0 Å². The van der Waals surface area contributed by atoms with Crippen molar-refractivity contribution < 1.29 is 14.7 Å². The first-order valence-corrected chi connectivity index (χ1v) is 5.36. The van der Waals surface area contributed by atoms with Crippen molar-refractivity contribution in [3.05, 3.63) is 0 Å². The van der Waals surface area contributed by atoms with Crippen molar-refractivity contribution in [3.8, 4) is 0 Å². The summed E-state index contributed by atoms with van der Waals surface area (Å²) in [6.45, 7) is 6.32. The Hall–Kier alpha value is -1.06. The van der Waals surface area contributed by atoms with Gasteiger partial charge in [-0.2, -0.15) is 0 Å². The van der Waals surface area contributed by atoms with E-state index in [1.165, 1.54) is 0 Å². The number of carbonyl (C=O) groups is 2. The van der Waals surface area contributed by atoms with Gasteiger partial charge in [-0.3, -0.25) is 9.59 Å². The third kappa shape index (κ3) is 7.97. The predicted octanol–water partition coefficient (Wildman–Crippen LogP) is 1.79. The molecule has 88 valence electrons. The van der Waals surface area contributed by atoms with Crippen LogP contribution >= 0.6 is 0 Å². The molecule has 0 atom stereocenters. The standard InChI is InChI=1S/C11H21NO3/c1-4-5-6-12-9(13)7-11(2,3)8-10(14)15/h4-8H2,1-3H3,(H,12,13)(H,14,15). The number of hydrogen-bond acceptors (Lipinski definition) is 2. The van der Waals surface area contributed by atoms with Gasteiger partial charge in [0, 0.05) is 13.0 Å². The van der Waals surface area contributed by atoms with E-state index in [-0.39, 0.29) is 18.7 Å². The molecule has 0 saturated carbocycles. The average molecular weight is 215 g/mol. The van der Waals surface area contributed by atoms with Gasteiger partial charge in [0.05, 0.1) is 6.42 Å². The van der Waals surface area contributed by atoms with Crippen molar-refractivity contribution >= 4 is 11.9 Å². The van der Waals surface area contributed by atoms with Crippen LogP contribution in [0.25, 0.3) is 0 Å². The van der Waals surface area contributed by atoms with Crippen molar-refractivity contribution in [2.45, 2.75) is 46.5 Å². The monoisotopic (exact) mass is 215 g/mol. The molecule has 0 aromatic carbocycles. The summed E-state index contributed by atoms with van der Waals surface area (Å²) in [4.78, 5) is 21.9. The first-order valence-electron chi connectivity index (χ1n) is 5.36. The molecule has 0 unspecified atom stereocenters. The third-order valence-electron chi connectivity index (χ3n) is 2.12. The third-order valence-corrected chi connectivity index (χ3v) is 2.12. The van der Waals surface area contributed by atoms with Crippen LogP contribution in [0, 0.1) is 5.41 Å². The molecule has 15 heavy (non-hydrogen) atoms. The summed E-state index contributed by atoms with van der Waals surface area (Å²) < 4.78 is 0. The minimum atomic E-state index is -0.860. The van der Waals surface area contributed by atoms with Crippen LogP contribution in [-0.2, 0) is 9.59 Å². The summed E-state index contributed by atoms with van der Waals surface area (Å²) in [5.41, 5.74) is -0.470. The first kappa shape index (κ1) is 13.9. The zero-order chi connectivity index (χ0) is 11.9. The number of hydrogen-bond donors (Lipinski definition) is 2. The lowest BCUT2D eigenvalue weighted by atomic mass is 9.85. The van der Waals surface area contributed by atoms with Crippen molar-refractivity contribution in [1.29, 1.82) is 0 Å². The van der Waals surface area contributed by atoms with Crippen LogP contribution in [0.5, 0.6) is 0 Å². The number of nitrogens with one attached hydrogen (secondary N) is 1. The minimum Gasteiger partial charge on any atom is -0.481 e. The van der Waals surface area contributed by atoms with E-state index in [4.69, 9.17) is 5.11 Å². The van der Waals surface area contributed by atoms with E-state index >= 15 is 0 Å². The second-order valence-electron chi connectivity index (χ2n) is 4.62. The van der Waals surface area contributed by atoms with Crippen molar-refractivity contribution in [1.82, 2.24) is 5.32 Å². The molecule has 4 nitrogen and oxygen atoms in total. The normalized spacial score (nSPS) is 11.1. The molecule has 2 N–H and O–H groups in total. The molecule has 4 heteroatoms. The Morgan fingerprint density at radius 3 is 2.33 bits per heavy atom. The number of aliphatic carboxylic acids is 1. The van der Waals surface area contributed by atoms with Crippen molar-refractivity contribution in [2.24, 2.45) is 5.41 Å². The molecule has 0 bridgehead atoms. The molecule has 1 amide bonds. The first-order chi connectivity index (χ1) is 6.87. The Bertz CT molecular complexity index is 224. The number of carboxylic acids is 1. The topological polar surface area (TPSA) is 66.4 Å². The zero-order valence-electron chi connectivity index (χ0n) is 9.80. The smallest absolute Gasteiger partial charge is 0.303 e. The summed E-state index contributed by atoms with van der Waals surface area (Å²) in [7, 11) is 0. The number of amides is 1. The van der Waals surface area contributed by atoms with E-state index in [1.54, 1.807) is 13.8 Å². The van der Waals surface area contributed by atoms with Gasteiger partial charge >= 0.3 is 5.97 Å². The maximum atomic E-state index is 11.4. The number of carboxylic acid groups (broad SMARTS) is 1. The molecule has 0 radical (unpaired) electrons. The largest absolute Gasteiger partial charge is 0.481 e. The molecule has 0 spiro atoms. The summed E-state index contributed by atoms with van der Waals surface area (Å²) in [6.07, 6.45) is 2.29. The van der Waals surface area contributed by atoms with Gasteiger partial charge in [0.15, 0.2) is 0 Å². The summed E-state index contributed by atoms with van der Waals surface area (Å²) >= 11 is 0.